The molecular weight excluding hydrogens is 228 g/mol. The fraction of sp³-hybridized carbons (Fsp3) is 0.545. The monoisotopic (exact) mass is 244 g/mol. The topological polar surface area (TPSA) is 55.8 Å². The van der Waals surface area contributed by atoms with Crippen molar-refractivity contribution < 1.29 is 19.4 Å². The Kier molecular flexibility index (Phi) is 4.76. The van der Waals surface area contributed by atoms with Crippen molar-refractivity contribution in [1.29, 1.82) is 0 Å². The highest BCUT2D eigenvalue weighted by Crippen LogP contribution is 2.33. The van der Waals surface area contributed by atoms with Crippen molar-refractivity contribution in [2.24, 2.45) is 0 Å². The van der Waals surface area contributed by atoms with Crippen molar-refractivity contribution in [2.75, 3.05) is 20.3 Å². The highest BCUT2D eigenvalue weighted by molar-refractivity contribution is 7.14. The molecule has 0 bridgehead atoms. The van der Waals surface area contributed by atoms with Gasteiger partial charge in [0, 0.05) is 12.0 Å². The molecule has 1 N–H and O–H groups in total. The first-order valence-corrected chi connectivity index (χ1v) is 5.86. The van der Waals surface area contributed by atoms with Crippen LogP contribution in [0, 0.1) is 0 Å². The van der Waals surface area contributed by atoms with Gasteiger partial charge in [-0.1, -0.05) is 13.8 Å². The zero-order valence-corrected chi connectivity index (χ0v) is 10.5. The number of ether oxygens (including phenoxy) is 2. The van der Waals surface area contributed by atoms with Crippen molar-refractivity contribution in [3.63, 3.8) is 0 Å². The molecule has 0 radical (unpaired) electrons. The molecule has 0 saturated carbocycles. The molecular formula is C11H16O4S. The molecule has 0 saturated heterocycles. The smallest absolute Gasteiger partial charge is 0.349 e. The zero-order chi connectivity index (χ0) is 12.1. The van der Waals surface area contributed by atoms with E-state index in [2.05, 4.69) is 0 Å². The zero-order valence-electron chi connectivity index (χ0n) is 9.65. The maximum absolute atomic E-state index is 11.0. The second kappa shape index (κ2) is 5.86. The molecule has 0 unspecified atom stereocenters. The first-order valence-electron chi connectivity index (χ1n) is 5.05. The van der Waals surface area contributed by atoms with Crippen LogP contribution in [0.1, 0.15) is 34.3 Å². The van der Waals surface area contributed by atoms with Crippen LogP contribution in [0.5, 0.6) is 5.75 Å². The van der Waals surface area contributed by atoms with E-state index in [1.165, 1.54) is 11.3 Å². The lowest BCUT2D eigenvalue weighted by Crippen LogP contribution is -2.06. The largest absolute Gasteiger partial charge is 0.489 e. The Morgan fingerprint density at radius 1 is 1.50 bits per heavy atom. The molecule has 1 heterocycles. The first-order chi connectivity index (χ1) is 7.56. The van der Waals surface area contributed by atoms with Crippen LogP contribution in [0.3, 0.4) is 0 Å². The molecule has 0 aromatic carbocycles. The van der Waals surface area contributed by atoms with Gasteiger partial charge in [0.25, 0.3) is 0 Å². The third-order valence-electron chi connectivity index (χ3n) is 2.03. The SMILES string of the molecule is COCCOc1cc(C(C)C)sc1C(=O)O. The van der Waals surface area contributed by atoms with E-state index in [4.69, 9.17) is 14.6 Å². The number of aromatic carboxylic acids is 1. The summed E-state index contributed by atoms with van der Waals surface area (Å²) in [7, 11) is 1.58. The summed E-state index contributed by atoms with van der Waals surface area (Å²) in [6, 6.07) is 1.80. The second-order valence-electron chi connectivity index (χ2n) is 3.64. The average molecular weight is 244 g/mol. The number of hydrogen-bond acceptors (Lipinski definition) is 4. The van der Waals surface area contributed by atoms with Gasteiger partial charge in [-0.15, -0.1) is 11.3 Å². The lowest BCUT2D eigenvalue weighted by Gasteiger charge is -2.03. The third kappa shape index (κ3) is 3.21. The third-order valence-corrected chi connectivity index (χ3v) is 3.43. The number of carboxylic acid groups (broad SMARTS) is 1. The highest BCUT2D eigenvalue weighted by atomic mass is 32.1. The number of methoxy groups -OCH3 is 1. The minimum absolute atomic E-state index is 0.264. The highest BCUT2D eigenvalue weighted by Gasteiger charge is 2.17. The number of thiophene rings is 1. The van der Waals surface area contributed by atoms with Crippen LogP contribution in [-0.2, 0) is 4.74 Å². The molecule has 0 amide bonds. The van der Waals surface area contributed by atoms with Gasteiger partial charge in [0.05, 0.1) is 6.61 Å². The minimum Gasteiger partial charge on any atom is -0.489 e. The van der Waals surface area contributed by atoms with Gasteiger partial charge in [0.2, 0.25) is 0 Å². The van der Waals surface area contributed by atoms with Gasteiger partial charge in [-0.2, -0.15) is 0 Å². The lowest BCUT2D eigenvalue weighted by atomic mass is 10.2. The Balaban J connectivity index is 2.83. The Bertz CT molecular complexity index is 357. The van der Waals surface area contributed by atoms with Crippen LogP contribution in [0.25, 0.3) is 0 Å². The van der Waals surface area contributed by atoms with Gasteiger partial charge in [-0.05, 0) is 12.0 Å². The van der Waals surface area contributed by atoms with Crippen molar-refractivity contribution in [2.45, 2.75) is 19.8 Å². The quantitative estimate of drug-likeness (QED) is 0.781. The lowest BCUT2D eigenvalue weighted by molar-refractivity contribution is 0.0695. The van der Waals surface area contributed by atoms with Crippen molar-refractivity contribution in [3.8, 4) is 5.75 Å². The van der Waals surface area contributed by atoms with Gasteiger partial charge >= 0.3 is 5.97 Å². The summed E-state index contributed by atoms with van der Waals surface area (Å²) in [6.07, 6.45) is 0. The standard InChI is InChI=1S/C11H16O4S/c1-7(2)9-6-8(15-5-4-14-3)10(16-9)11(12)13/h6-7H,4-5H2,1-3H3,(H,12,13). The van der Waals surface area contributed by atoms with Crippen LogP contribution < -0.4 is 4.74 Å². The van der Waals surface area contributed by atoms with Crippen LogP contribution in [-0.4, -0.2) is 31.4 Å². The maximum atomic E-state index is 11.0. The van der Waals surface area contributed by atoms with E-state index in [-0.39, 0.29) is 4.88 Å². The summed E-state index contributed by atoms with van der Waals surface area (Å²) in [5.41, 5.74) is 0. The van der Waals surface area contributed by atoms with E-state index >= 15 is 0 Å². The van der Waals surface area contributed by atoms with E-state index in [9.17, 15) is 4.79 Å². The summed E-state index contributed by atoms with van der Waals surface area (Å²) < 4.78 is 10.2. The predicted molar refractivity (Wildman–Crippen MR) is 62.7 cm³/mol. The van der Waals surface area contributed by atoms with Crippen LogP contribution in [0.4, 0.5) is 0 Å². The summed E-state index contributed by atoms with van der Waals surface area (Å²) in [5.74, 6) is -0.189. The van der Waals surface area contributed by atoms with E-state index in [0.717, 1.165) is 4.88 Å². The summed E-state index contributed by atoms with van der Waals surface area (Å²) in [4.78, 5) is 12.3. The molecule has 0 aliphatic carbocycles. The molecule has 90 valence electrons. The van der Waals surface area contributed by atoms with Crippen LogP contribution in [0.15, 0.2) is 6.07 Å². The first kappa shape index (κ1) is 13.0. The molecule has 0 fully saturated rings. The number of hydrogen-bond donors (Lipinski definition) is 1. The summed E-state index contributed by atoms with van der Waals surface area (Å²) in [6.45, 7) is 4.86. The van der Waals surface area contributed by atoms with E-state index in [1.807, 2.05) is 13.8 Å². The van der Waals surface area contributed by atoms with Gasteiger partial charge < -0.3 is 14.6 Å². The second-order valence-corrected chi connectivity index (χ2v) is 4.73. The Morgan fingerprint density at radius 2 is 2.19 bits per heavy atom. The summed E-state index contributed by atoms with van der Waals surface area (Å²) in [5, 5.41) is 9.02. The molecule has 0 spiro atoms. The van der Waals surface area contributed by atoms with Crippen LogP contribution >= 0.6 is 11.3 Å². The molecule has 1 rings (SSSR count). The number of carboxylic acids is 1. The van der Waals surface area contributed by atoms with Gasteiger partial charge in [-0.25, -0.2) is 4.79 Å². The minimum atomic E-state index is -0.940. The molecule has 0 aliphatic heterocycles. The Labute approximate surface area is 98.8 Å². The number of carbonyl (C=O) groups is 1. The van der Waals surface area contributed by atoms with E-state index in [1.54, 1.807) is 13.2 Å². The predicted octanol–water partition coefficient (Wildman–Crippen LogP) is 2.59. The molecule has 4 nitrogen and oxygen atoms in total. The molecule has 1 aromatic heterocycles. The fourth-order valence-corrected chi connectivity index (χ4v) is 2.11. The summed E-state index contributed by atoms with van der Waals surface area (Å²) >= 11 is 1.27. The van der Waals surface area contributed by atoms with Gasteiger partial charge in [0.1, 0.15) is 12.4 Å². The fourth-order valence-electron chi connectivity index (χ4n) is 1.17. The van der Waals surface area contributed by atoms with E-state index in [0.29, 0.717) is 24.9 Å². The molecule has 0 aliphatic rings. The molecule has 16 heavy (non-hydrogen) atoms. The maximum Gasteiger partial charge on any atom is 0.349 e. The molecule has 0 atom stereocenters. The van der Waals surface area contributed by atoms with Crippen molar-refractivity contribution >= 4 is 17.3 Å². The van der Waals surface area contributed by atoms with Crippen LogP contribution in [0.2, 0.25) is 0 Å². The number of rotatable bonds is 6. The normalized spacial score (nSPS) is 10.8. The van der Waals surface area contributed by atoms with Crippen molar-refractivity contribution in [3.05, 3.63) is 15.8 Å². The Morgan fingerprint density at radius 3 is 2.69 bits per heavy atom. The van der Waals surface area contributed by atoms with E-state index < -0.39 is 5.97 Å². The van der Waals surface area contributed by atoms with Gasteiger partial charge in [0.15, 0.2) is 4.88 Å². The average Bonchev–Trinajstić information content (AvgIpc) is 2.62. The Hall–Kier alpha value is -1.07. The molecule has 1 aromatic rings. The molecule has 5 heteroatoms. The van der Waals surface area contributed by atoms with Crippen molar-refractivity contribution in [1.82, 2.24) is 0 Å². The van der Waals surface area contributed by atoms with Gasteiger partial charge in [-0.3, -0.25) is 0 Å².